The predicted octanol–water partition coefficient (Wildman–Crippen LogP) is 3.25. The Bertz CT molecular complexity index is 1340. The van der Waals surface area contributed by atoms with Crippen LogP contribution in [0.3, 0.4) is 0 Å². The van der Waals surface area contributed by atoms with E-state index in [0.717, 1.165) is 40.0 Å². The molecule has 2 atom stereocenters. The first kappa shape index (κ1) is 25.1. The van der Waals surface area contributed by atoms with E-state index in [1.54, 1.807) is 30.2 Å². The number of imide groups is 1. The number of nitrogens with zero attached hydrogens (tertiary/aromatic N) is 3. The number of ether oxygens (including phenoxy) is 1. The number of aliphatic hydroxyl groups is 1. The Morgan fingerprint density at radius 1 is 1.19 bits per heavy atom. The first-order valence-electron chi connectivity index (χ1n) is 12.8. The molecule has 2 aromatic carbocycles. The zero-order chi connectivity index (χ0) is 26.3. The zero-order valence-electron chi connectivity index (χ0n) is 21.5. The smallest absolute Gasteiger partial charge is 0.328 e. The number of carbonyl (C=O) groups excluding carboxylic acids is 2. The highest BCUT2D eigenvalue weighted by atomic mass is 16.5. The van der Waals surface area contributed by atoms with Crippen LogP contribution < -0.4 is 4.74 Å². The number of aromatic nitrogens is 1. The van der Waals surface area contributed by atoms with Gasteiger partial charge < -0.3 is 24.8 Å². The van der Waals surface area contributed by atoms with Gasteiger partial charge >= 0.3 is 6.03 Å². The van der Waals surface area contributed by atoms with Crippen LogP contribution in [0.25, 0.3) is 10.9 Å². The van der Waals surface area contributed by atoms with Gasteiger partial charge in [-0.1, -0.05) is 19.1 Å². The van der Waals surface area contributed by atoms with Crippen molar-refractivity contribution in [1.29, 1.82) is 0 Å². The molecule has 2 aliphatic rings. The van der Waals surface area contributed by atoms with Crippen LogP contribution >= 0.6 is 0 Å². The molecule has 0 spiro atoms. The van der Waals surface area contributed by atoms with Gasteiger partial charge in [-0.15, -0.1) is 0 Å². The molecule has 0 bridgehead atoms. The molecule has 1 aromatic heterocycles. The largest absolute Gasteiger partial charge is 0.508 e. The molecule has 37 heavy (non-hydrogen) atoms. The normalized spacial score (nSPS) is 21.2. The van der Waals surface area contributed by atoms with Crippen molar-refractivity contribution in [2.24, 2.45) is 0 Å². The number of aromatic amines is 1. The number of hydrogen-bond acceptors (Lipinski definition) is 6. The standard InChI is InChI=1S/C28H34N4O5/c1-4-30(13-14-33)11-6-12-31-26(35)28(2)17-22-21-16-20(37-3)9-10-23(21)29-24(22)25(32(28)27(31)36)18-7-5-8-19(34)15-18/h5,7-10,15-16,25,29,33-34H,4,6,11-14,17H2,1-3H3/t25-,28+/m1/s1. The number of fused-ring (bicyclic) bond motifs is 4. The van der Waals surface area contributed by atoms with Crippen LogP contribution in [0.2, 0.25) is 0 Å². The molecule has 0 saturated carbocycles. The molecular formula is C28H34N4O5. The van der Waals surface area contributed by atoms with Crippen LogP contribution in [-0.2, 0) is 11.2 Å². The Labute approximate surface area is 216 Å². The van der Waals surface area contributed by atoms with Gasteiger partial charge in [0.05, 0.1) is 13.7 Å². The SMILES string of the molecule is CCN(CCO)CCCN1C(=O)N2[C@H](c3cccc(O)c3)c3[nH]c4ccc(OC)cc4c3C[C@@]2(C)C1=O. The van der Waals surface area contributed by atoms with Crippen LogP contribution in [0.1, 0.15) is 43.1 Å². The fourth-order valence-electron chi connectivity index (χ4n) is 5.88. The maximum Gasteiger partial charge on any atom is 0.328 e. The first-order chi connectivity index (χ1) is 17.8. The van der Waals surface area contributed by atoms with E-state index in [9.17, 15) is 19.8 Å². The topological polar surface area (TPSA) is 109 Å². The summed E-state index contributed by atoms with van der Waals surface area (Å²) in [5.74, 6) is 0.604. The maximum atomic E-state index is 13.9. The minimum Gasteiger partial charge on any atom is -0.508 e. The molecule has 3 heterocycles. The van der Waals surface area contributed by atoms with E-state index in [2.05, 4.69) is 9.88 Å². The lowest BCUT2D eigenvalue weighted by atomic mass is 9.81. The molecule has 9 nitrogen and oxygen atoms in total. The Kier molecular flexibility index (Phi) is 6.59. The lowest BCUT2D eigenvalue weighted by Crippen LogP contribution is -2.53. The summed E-state index contributed by atoms with van der Waals surface area (Å²) in [4.78, 5) is 36.5. The van der Waals surface area contributed by atoms with Gasteiger partial charge in [-0.3, -0.25) is 14.6 Å². The highest BCUT2D eigenvalue weighted by molar-refractivity contribution is 6.08. The number of H-pyrrole nitrogens is 1. The van der Waals surface area contributed by atoms with Crippen molar-refractivity contribution in [3.05, 3.63) is 59.3 Å². The average Bonchev–Trinajstić information content (AvgIpc) is 3.33. The number of carbonyl (C=O) groups is 2. The number of rotatable bonds is 9. The molecule has 0 aliphatic carbocycles. The highest BCUT2D eigenvalue weighted by Gasteiger charge is 2.60. The van der Waals surface area contributed by atoms with Crippen LogP contribution in [0.4, 0.5) is 4.79 Å². The van der Waals surface area contributed by atoms with Gasteiger partial charge in [0.15, 0.2) is 0 Å². The summed E-state index contributed by atoms with van der Waals surface area (Å²) in [7, 11) is 1.62. The van der Waals surface area contributed by atoms with Crippen molar-refractivity contribution in [2.75, 3.05) is 39.9 Å². The Morgan fingerprint density at radius 2 is 2.00 bits per heavy atom. The van der Waals surface area contributed by atoms with Crippen LogP contribution in [0, 0.1) is 0 Å². The summed E-state index contributed by atoms with van der Waals surface area (Å²) in [6.45, 7) is 6.28. The van der Waals surface area contributed by atoms with Gasteiger partial charge in [-0.05, 0) is 67.9 Å². The molecule has 1 fully saturated rings. The van der Waals surface area contributed by atoms with Crippen molar-refractivity contribution >= 4 is 22.8 Å². The summed E-state index contributed by atoms with van der Waals surface area (Å²) in [6, 6.07) is 11.8. The number of amides is 3. The number of likely N-dealkylation sites (N-methyl/N-ethyl adjacent to an activating group) is 1. The first-order valence-corrected chi connectivity index (χ1v) is 12.8. The second kappa shape index (κ2) is 9.72. The van der Waals surface area contributed by atoms with Crippen molar-refractivity contribution in [2.45, 2.75) is 38.3 Å². The zero-order valence-corrected chi connectivity index (χ0v) is 21.5. The van der Waals surface area contributed by atoms with E-state index in [0.29, 0.717) is 32.5 Å². The molecule has 3 N–H and O–H groups in total. The summed E-state index contributed by atoms with van der Waals surface area (Å²) >= 11 is 0. The maximum absolute atomic E-state index is 13.9. The third kappa shape index (κ3) is 4.12. The molecule has 2 aliphatic heterocycles. The number of aromatic hydroxyl groups is 1. The number of urea groups is 1. The highest BCUT2D eigenvalue weighted by Crippen LogP contribution is 2.49. The minimum atomic E-state index is -1.08. The van der Waals surface area contributed by atoms with Gasteiger partial charge in [0, 0.05) is 36.1 Å². The number of nitrogens with one attached hydrogen (secondary N) is 1. The van der Waals surface area contributed by atoms with E-state index in [1.807, 2.05) is 38.1 Å². The van der Waals surface area contributed by atoms with E-state index in [1.165, 1.54) is 4.90 Å². The lowest BCUT2D eigenvalue weighted by Gasteiger charge is -2.42. The Hall–Kier alpha value is -3.56. The minimum absolute atomic E-state index is 0.0728. The number of benzene rings is 2. The molecule has 3 amide bonds. The predicted molar refractivity (Wildman–Crippen MR) is 140 cm³/mol. The molecule has 0 unspecified atom stereocenters. The van der Waals surface area contributed by atoms with Gasteiger partial charge in [0.25, 0.3) is 5.91 Å². The fourth-order valence-corrected chi connectivity index (χ4v) is 5.88. The molecule has 9 heteroatoms. The molecular weight excluding hydrogens is 472 g/mol. The van der Waals surface area contributed by atoms with Gasteiger partial charge in [0.2, 0.25) is 0 Å². The molecule has 1 saturated heterocycles. The molecule has 0 radical (unpaired) electrons. The Balaban J connectivity index is 1.56. The van der Waals surface area contributed by atoms with Gasteiger partial charge in [-0.2, -0.15) is 0 Å². The second-order valence-electron chi connectivity index (χ2n) is 10.00. The molecule has 196 valence electrons. The van der Waals surface area contributed by atoms with E-state index < -0.39 is 11.6 Å². The van der Waals surface area contributed by atoms with Crippen LogP contribution in [0.5, 0.6) is 11.5 Å². The summed E-state index contributed by atoms with van der Waals surface area (Å²) in [6.07, 6.45) is 0.995. The number of phenolic OH excluding ortho intramolecular Hbond substituents is 1. The molecule has 3 aromatic rings. The average molecular weight is 507 g/mol. The third-order valence-corrected chi connectivity index (χ3v) is 7.78. The summed E-state index contributed by atoms with van der Waals surface area (Å²) < 4.78 is 5.46. The monoisotopic (exact) mass is 506 g/mol. The lowest BCUT2D eigenvalue weighted by molar-refractivity contribution is -0.133. The number of hydrogen-bond donors (Lipinski definition) is 3. The summed E-state index contributed by atoms with van der Waals surface area (Å²) in [5.41, 5.74) is 2.38. The van der Waals surface area contributed by atoms with Crippen molar-refractivity contribution in [1.82, 2.24) is 19.7 Å². The molecule has 5 rings (SSSR count). The van der Waals surface area contributed by atoms with Crippen molar-refractivity contribution in [3.63, 3.8) is 0 Å². The summed E-state index contributed by atoms with van der Waals surface area (Å²) in [5, 5.41) is 20.5. The van der Waals surface area contributed by atoms with Gasteiger partial charge in [0.1, 0.15) is 23.1 Å². The van der Waals surface area contributed by atoms with E-state index in [4.69, 9.17) is 4.74 Å². The second-order valence-corrected chi connectivity index (χ2v) is 10.00. The van der Waals surface area contributed by atoms with Crippen molar-refractivity contribution < 1.29 is 24.5 Å². The number of aliphatic hydroxyl groups excluding tert-OH is 1. The van der Waals surface area contributed by atoms with E-state index >= 15 is 0 Å². The van der Waals surface area contributed by atoms with Crippen LogP contribution in [-0.4, -0.2) is 87.3 Å². The van der Waals surface area contributed by atoms with Gasteiger partial charge in [-0.25, -0.2) is 4.79 Å². The number of methoxy groups -OCH3 is 1. The Morgan fingerprint density at radius 3 is 2.70 bits per heavy atom. The third-order valence-electron chi connectivity index (χ3n) is 7.78. The quantitative estimate of drug-likeness (QED) is 0.385. The van der Waals surface area contributed by atoms with Crippen molar-refractivity contribution in [3.8, 4) is 11.5 Å². The van der Waals surface area contributed by atoms with Crippen LogP contribution in [0.15, 0.2) is 42.5 Å². The number of phenols is 1. The fraction of sp³-hybridized carbons (Fsp3) is 0.429. The van der Waals surface area contributed by atoms with E-state index in [-0.39, 0.29) is 24.3 Å².